The quantitative estimate of drug-likeness (QED) is 0.743. The van der Waals surface area contributed by atoms with E-state index in [9.17, 15) is 9.59 Å². The number of aryl methyl sites for hydroxylation is 2. The van der Waals surface area contributed by atoms with Gasteiger partial charge in [0.1, 0.15) is 0 Å². The second kappa shape index (κ2) is 6.87. The van der Waals surface area contributed by atoms with Gasteiger partial charge in [-0.25, -0.2) is 4.98 Å². The standard InChI is InChI=1S/C21H24N4O2/c1-13-9-10-15(12-14(13)2)22-19(26)17-16-8-6-7-11-25(16)18(23-17)20(27)24-21(3,4)5/h6-12H,1-5H3,(H,22,26)(H,24,27). The number of nitrogens with one attached hydrogen (secondary N) is 2. The average molecular weight is 364 g/mol. The van der Waals surface area contributed by atoms with E-state index in [1.807, 2.05) is 58.9 Å². The van der Waals surface area contributed by atoms with Crippen LogP contribution in [0.5, 0.6) is 0 Å². The van der Waals surface area contributed by atoms with Gasteiger partial charge in [0.25, 0.3) is 11.8 Å². The molecule has 2 amide bonds. The number of fused-ring (bicyclic) bond motifs is 1. The van der Waals surface area contributed by atoms with Crippen molar-refractivity contribution < 1.29 is 9.59 Å². The highest BCUT2D eigenvalue weighted by atomic mass is 16.2. The molecule has 0 fully saturated rings. The molecule has 2 N–H and O–H groups in total. The molecule has 1 aromatic carbocycles. The Hall–Kier alpha value is -3.15. The first kappa shape index (κ1) is 18.6. The molecule has 0 aliphatic rings. The van der Waals surface area contributed by atoms with E-state index in [2.05, 4.69) is 15.6 Å². The Morgan fingerprint density at radius 3 is 2.41 bits per heavy atom. The maximum atomic E-state index is 12.8. The molecule has 0 atom stereocenters. The van der Waals surface area contributed by atoms with Gasteiger partial charge in [0.2, 0.25) is 5.82 Å². The molecule has 6 nitrogen and oxygen atoms in total. The van der Waals surface area contributed by atoms with E-state index < -0.39 is 5.54 Å². The van der Waals surface area contributed by atoms with Gasteiger partial charge in [0.05, 0.1) is 5.52 Å². The first-order chi connectivity index (χ1) is 12.7. The maximum absolute atomic E-state index is 12.8. The van der Waals surface area contributed by atoms with Crippen LogP contribution in [0.1, 0.15) is 53.0 Å². The summed E-state index contributed by atoms with van der Waals surface area (Å²) in [6.07, 6.45) is 1.73. The van der Waals surface area contributed by atoms with Gasteiger partial charge in [-0.05, 0) is 70.0 Å². The van der Waals surface area contributed by atoms with Crippen LogP contribution in [-0.2, 0) is 0 Å². The van der Waals surface area contributed by atoms with Gasteiger partial charge in [-0.15, -0.1) is 0 Å². The average Bonchev–Trinajstić information content (AvgIpc) is 2.97. The Kier molecular flexibility index (Phi) is 4.74. The highest BCUT2D eigenvalue weighted by Gasteiger charge is 2.24. The zero-order valence-corrected chi connectivity index (χ0v) is 16.3. The summed E-state index contributed by atoms with van der Waals surface area (Å²) in [5.74, 6) is -0.489. The van der Waals surface area contributed by atoms with Crippen molar-refractivity contribution in [3.05, 3.63) is 65.2 Å². The van der Waals surface area contributed by atoms with Crippen LogP contribution in [0.15, 0.2) is 42.6 Å². The smallest absolute Gasteiger partial charge is 0.288 e. The van der Waals surface area contributed by atoms with Crippen LogP contribution in [0.2, 0.25) is 0 Å². The normalized spacial score (nSPS) is 11.4. The SMILES string of the molecule is Cc1ccc(NC(=O)c2nc(C(=O)NC(C)(C)C)n3ccccc23)cc1C. The van der Waals surface area contributed by atoms with Gasteiger partial charge >= 0.3 is 0 Å². The number of aromatic nitrogens is 2. The first-order valence-corrected chi connectivity index (χ1v) is 8.84. The number of benzene rings is 1. The lowest BCUT2D eigenvalue weighted by Crippen LogP contribution is -2.41. The summed E-state index contributed by atoms with van der Waals surface area (Å²) in [7, 11) is 0. The molecule has 2 heterocycles. The molecular weight excluding hydrogens is 340 g/mol. The summed E-state index contributed by atoms with van der Waals surface area (Å²) >= 11 is 0. The van der Waals surface area contributed by atoms with E-state index in [0.717, 1.165) is 11.1 Å². The van der Waals surface area contributed by atoms with E-state index in [4.69, 9.17) is 0 Å². The molecule has 0 saturated heterocycles. The van der Waals surface area contributed by atoms with Crippen LogP contribution in [0.25, 0.3) is 5.52 Å². The molecule has 0 aliphatic heterocycles. The fourth-order valence-electron chi connectivity index (χ4n) is 2.77. The number of carbonyl (C=O) groups is 2. The van der Waals surface area contributed by atoms with Crippen molar-refractivity contribution in [1.82, 2.24) is 14.7 Å². The predicted octanol–water partition coefficient (Wildman–Crippen LogP) is 3.73. The number of pyridine rings is 1. The van der Waals surface area contributed by atoms with Gasteiger partial charge in [0, 0.05) is 17.4 Å². The van der Waals surface area contributed by atoms with Crippen LogP contribution in [-0.4, -0.2) is 26.7 Å². The van der Waals surface area contributed by atoms with Gasteiger partial charge in [0.15, 0.2) is 5.69 Å². The van der Waals surface area contributed by atoms with Crippen molar-refractivity contribution in [3.8, 4) is 0 Å². The zero-order chi connectivity index (χ0) is 19.8. The molecule has 27 heavy (non-hydrogen) atoms. The third kappa shape index (κ3) is 4.00. The van der Waals surface area contributed by atoms with Crippen LogP contribution >= 0.6 is 0 Å². The van der Waals surface area contributed by atoms with Crippen LogP contribution < -0.4 is 10.6 Å². The minimum absolute atomic E-state index is 0.186. The molecule has 0 radical (unpaired) electrons. The lowest BCUT2D eigenvalue weighted by Gasteiger charge is -2.19. The molecule has 2 aromatic heterocycles. The summed E-state index contributed by atoms with van der Waals surface area (Å²) in [5.41, 5.74) is 3.33. The minimum Gasteiger partial charge on any atom is -0.345 e. The molecule has 0 aliphatic carbocycles. The highest BCUT2D eigenvalue weighted by Crippen LogP contribution is 2.18. The third-order valence-electron chi connectivity index (χ3n) is 4.22. The minimum atomic E-state index is -0.403. The highest BCUT2D eigenvalue weighted by molar-refractivity contribution is 6.09. The van der Waals surface area contributed by atoms with Gasteiger partial charge in [-0.3, -0.25) is 14.0 Å². The lowest BCUT2D eigenvalue weighted by atomic mass is 10.1. The Bertz CT molecular complexity index is 1030. The fourth-order valence-corrected chi connectivity index (χ4v) is 2.77. The number of imidazole rings is 1. The molecule has 3 rings (SSSR count). The van der Waals surface area contributed by atoms with Crippen molar-refractivity contribution in [3.63, 3.8) is 0 Å². The van der Waals surface area contributed by atoms with Crippen LogP contribution in [0.4, 0.5) is 5.69 Å². The second-order valence-corrected chi connectivity index (χ2v) is 7.70. The predicted molar refractivity (Wildman–Crippen MR) is 106 cm³/mol. The first-order valence-electron chi connectivity index (χ1n) is 8.84. The van der Waals surface area contributed by atoms with Crippen molar-refractivity contribution in [2.75, 3.05) is 5.32 Å². The van der Waals surface area contributed by atoms with Crippen molar-refractivity contribution in [2.24, 2.45) is 0 Å². The monoisotopic (exact) mass is 364 g/mol. The largest absolute Gasteiger partial charge is 0.345 e. The van der Waals surface area contributed by atoms with Crippen LogP contribution in [0, 0.1) is 13.8 Å². The molecule has 3 aromatic rings. The van der Waals surface area contributed by atoms with Gasteiger partial charge < -0.3 is 10.6 Å². The zero-order valence-electron chi connectivity index (χ0n) is 16.3. The van der Waals surface area contributed by atoms with Gasteiger partial charge in [-0.1, -0.05) is 12.1 Å². The number of carbonyl (C=O) groups excluding carboxylic acids is 2. The number of hydrogen-bond acceptors (Lipinski definition) is 3. The number of rotatable bonds is 3. The topological polar surface area (TPSA) is 75.5 Å². The Balaban J connectivity index is 1.98. The maximum Gasteiger partial charge on any atom is 0.288 e. The van der Waals surface area contributed by atoms with E-state index in [0.29, 0.717) is 11.2 Å². The summed E-state index contributed by atoms with van der Waals surface area (Å²) < 4.78 is 1.64. The van der Waals surface area contributed by atoms with E-state index in [1.54, 1.807) is 22.7 Å². The lowest BCUT2D eigenvalue weighted by molar-refractivity contribution is 0.0908. The van der Waals surface area contributed by atoms with E-state index >= 15 is 0 Å². The molecule has 0 bridgehead atoms. The Morgan fingerprint density at radius 2 is 1.74 bits per heavy atom. The molecule has 140 valence electrons. The molecule has 6 heteroatoms. The summed E-state index contributed by atoms with van der Waals surface area (Å²) in [4.78, 5) is 29.8. The number of amides is 2. The van der Waals surface area contributed by atoms with Crippen molar-refractivity contribution in [1.29, 1.82) is 0 Å². The summed E-state index contributed by atoms with van der Waals surface area (Å²) in [5, 5.41) is 5.76. The van der Waals surface area contributed by atoms with Crippen molar-refractivity contribution in [2.45, 2.75) is 40.2 Å². The number of hydrogen-bond donors (Lipinski definition) is 2. The second-order valence-electron chi connectivity index (χ2n) is 7.70. The third-order valence-corrected chi connectivity index (χ3v) is 4.22. The molecular formula is C21H24N4O2. The van der Waals surface area contributed by atoms with E-state index in [-0.39, 0.29) is 23.3 Å². The molecule has 0 saturated carbocycles. The van der Waals surface area contributed by atoms with E-state index in [1.165, 1.54) is 0 Å². The molecule has 0 spiro atoms. The van der Waals surface area contributed by atoms with Gasteiger partial charge in [-0.2, -0.15) is 0 Å². The molecule has 0 unspecified atom stereocenters. The fraction of sp³-hybridized carbons (Fsp3) is 0.286. The van der Waals surface area contributed by atoms with Crippen molar-refractivity contribution >= 4 is 23.0 Å². The Labute approximate surface area is 158 Å². The van der Waals surface area contributed by atoms with Crippen LogP contribution in [0.3, 0.4) is 0 Å². The summed E-state index contributed by atoms with van der Waals surface area (Å²) in [6.45, 7) is 9.70. The Morgan fingerprint density at radius 1 is 1.00 bits per heavy atom. The summed E-state index contributed by atoms with van der Waals surface area (Å²) in [6, 6.07) is 11.1. The number of anilines is 1. The number of nitrogens with zero attached hydrogens (tertiary/aromatic N) is 2.